The fourth-order valence-electron chi connectivity index (χ4n) is 2.91. The molecule has 2 rings (SSSR count). The predicted octanol–water partition coefficient (Wildman–Crippen LogP) is 3.72. The first-order valence-corrected chi connectivity index (χ1v) is 10.3. The van der Waals surface area contributed by atoms with E-state index in [0.29, 0.717) is 25.9 Å². The van der Waals surface area contributed by atoms with Gasteiger partial charge in [-0.1, -0.05) is 30.3 Å². The van der Waals surface area contributed by atoms with Crippen LogP contribution in [0.5, 0.6) is 0 Å². The Labute approximate surface area is 162 Å². The number of alkyl halides is 2. The van der Waals surface area contributed by atoms with Crippen LogP contribution in [0.3, 0.4) is 0 Å². The fourth-order valence-corrected chi connectivity index (χ4v) is 3.80. The fraction of sp³-hybridized carbons (Fsp3) is 0.632. The zero-order chi connectivity index (χ0) is 20.0. The third kappa shape index (κ3) is 6.62. The topological polar surface area (TPSA) is 64.6 Å². The molecule has 152 valence electrons. The zero-order valence-electron chi connectivity index (χ0n) is 16.0. The molecule has 1 aromatic carbocycles. The molecule has 0 saturated carbocycles. The van der Waals surface area contributed by atoms with Gasteiger partial charge in [0.1, 0.15) is 17.4 Å². The van der Waals surface area contributed by atoms with Gasteiger partial charge >= 0.3 is 6.09 Å². The van der Waals surface area contributed by atoms with E-state index in [-0.39, 0.29) is 12.5 Å². The summed E-state index contributed by atoms with van der Waals surface area (Å²) in [5, 5.41) is 0. The van der Waals surface area contributed by atoms with Gasteiger partial charge in [-0.05, 0) is 45.1 Å². The lowest BCUT2D eigenvalue weighted by Crippen LogP contribution is -2.53. The second-order valence-electron chi connectivity index (χ2n) is 7.72. The Hall–Kier alpha value is -1.38. The van der Waals surface area contributed by atoms with E-state index in [9.17, 15) is 18.1 Å². The summed E-state index contributed by atoms with van der Waals surface area (Å²) in [6.07, 6.45) is -2.21. The number of amides is 1. The minimum Gasteiger partial charge on any atom is -0.598 e. The van der Waals surface area contributed by atoms with E-state index in [0.717, 1.165) is 5.56 Å². The van der Waals surface area contributed by atoms with Gasteiger partial charge in [0.05, 0.1) is 0 Å². The molecule has 1 aliphatic heterocycles. The molecule has 0 bridgehead atoms. The number of ether oxygens (including phenoxy) is 1. The highest BCUT2D eigenvalue weighted by atomic mass is 32.2. The number of hydrogen-bond acceptors (Lipinski definition) is 4. The lowest BCUT2D eigenvalue weighted by Gasteiger charge is -2.36. The van der Waals surface area contributed by atoms with Gasteiger partial charge in [0.2, 0.25) is 0 Å². The van der Waals surface area contributed by atoms with Crippen molar-refractivity contribution in [2.24, 2.45) is 5.92 Å². The number of hydrogen-bond donors (Lipinski definition) is 1. The zero-order valence-corrected chi connectivity index (χ0v) is 16.8. The van der Waals surface area contributed by atoms with Crippen LogP contribution in [0.2, 0.25) is 0 Å². The first-order valence-electron chi connectivity index (χ1n) is 9.10. The molecule has 8 heteroatoms. The molecule has 1 aromatic rings. The molecule has 0 spiro atoms. The number of carbonyl (C=O) groups is 1. The van der Waals surface area contributed by atoms with Gasteiger partial charge in [-0.3, -0.25) is 0 Å². The Morgan fingerprint density at radius 3 is 2.41 bits per heavy atom. The van der Waals surface area contributed by atoms with Crippen molar-refractivity contribution in [3.8, 4) is 0 Å². The van der Waals surface area contributed by atoms with Crippen LogP contribution in [-0.2, 0) is 22.7 Å². The lowest BCUT2D eigenvalue weighted by molar-refractivity contribution is 0.0463. The molecule has 5 nitrogen and oxygen atoms in total. The minimum atomic E-state index is -2.61. The molecule has 27 heavy (non-hydrogen) atoms. The molecule has 0 aromatic heterocycles. The smallest absolute Gasteiger partial charge is 0.410 e. The quantitative estimate of drug-likeness (QED) is 0.737. The second kappa shape index (κ2) is 9.71. The third-order valence-electron chi connectivity index (χ3n) is 4.58. The molecular weight excluding hydrogens is 374 g/mol. The van der Waals surface area contributed by atoms with Crippen LogP contribution in [0, 0.1) is 5.92 Å². The van der Waals surface area contributed by atoms with Crippen molar-refractivity contribution < 1.29 is 22.9 Å². The molecule has 1 heterocycles. The summed E-state index contributed by atoms with van der Waals surface area (Å²) in [5.74, 6) is -0.338. The van der Waals surface area contributed by atoms with Crippen LogP contribution in [0.4, 0.5) is 13.6 Å². The molecular formula is C19H28F2N2O3S. The van der Waals surface area contributed by atoms with Crippen molar-refractivity contribution in [3.05, 3.63) is 35.9 Å². The molecule has 1 fully saturated rings. The lowest BCUT2D eigenvalue weighted by atomic mass is 9.90. The van der Waals surface area contributed by atoms with E-state index in [1.165, 1.54) is 0 Å². The number of nitrogens with one attached hydrogen (secondary N) is 1. The monoisotopic (exact) mass is 402 g/mol. The van der Waals surface area contributed by atoms with Gasteiger partial charge in [0, 0.05) is 24.5 Å². The largest absolute Gasteiger partial charge is 0.598 e. The molecule has 1 aliphatic rings. The summed E-state index contributed by atoms with van der Waals surface area (Å²) in [6, 6.07) is 8.21. The maximum atomic E-state index is 13.5. The van der Waals surface area contributed by atoms with Crippen LogP contribution in [-0.4, -0.2) is 45.8 Å². The van der Waals surface area contributed by atoms with Crippen molar-refractivity contribution in [2.45, 2.75) is 57.4 Å². The van der Waals surface area contributed by atoms with Gasteiger partial charge in [0.15, 0.2) is 0 Å². The third-order valence-corrected chi connectivity index (χ3v) is 6.18. The van der Waals surface area contributed by atoms with E-state index in [1.807, 2.05) is 30.3 Å². The molecule has 1 N–H and O–H groups in total. The van der Waals surface area contributed by atoms with Gasteiger partial charge in [0.25, 0.3) is 6.43 Å². The van der Waals surface area contributed by atoms with Crippen molar-refractivity contribution in [2.75, 3.05) is 13.1 Å². The average Bonchev–Trinajstić information content (AvgIpc) is 2.64. The molecule has 0 radical (unpaired) electrons. The normalized spacial score (nSPS) is 18.4. The number of rotatable bonds is 6. The number of nitrogens with zero attached hydrogens (tertiary/aromatic N) is 1. The van der Waals surface area contributed by atoms with Crippen LogP contribution in [0.1, 0.15) is 39.2 Å². The summed E-state index contributed by atoms with van der Waals surface area (Å²) in [4.78, 5) is 13.7. The molecule has 2 unspecified atom stereocenters. The summed E-state index contributed by atoms with van der Waals surface area (Å²) >= 11 is -1.57. The van der Waals surface area contributed by atoms with Crippen LogP contribution in [0.15, 0.2) is 30.3 Å². The van der Waals surface area contributed by atoms with Crippen LogP contribution >= 0.6 is 0 Å². The predicted molar refractivity (Wildman–Crippen MR) is 102 cm³/mol. The van der Waals surface area contributed by atoms with E-state index in [4.69, 9.17) is 4.74 Å². The molecule has 1 amide bonds. The summed E-state index contributed by atoms with van der Waals surface area (Å²) in [5.41, 5.74) is 0.896. The van der Waals surface area contributed by atoms with Crippen molar-refractivity contribution in [1.29, 1.82) is 0 Å². The Balaban J connectivity index is 1.84. The van der Waals surface area contributed by atoms with Gasteiger partial charge in [-0.2, -0.15) is 0 Å². The molecule has 0 aliphatic carbocycles. The van der Waals surface area contributed by atoms with Crippen LogP contribution < -0.4 is 4.72 Å². The first kappa shape index (κ1) is 21.9. The Bertz CT molecular complexity index is 590. The SMILES string of the molecule is CC(C)(C)[S+]([O-])NC(C(F)F)C1CCN(C(=O)OCc2ccccc2)CC1. The highest BCUT2D eigenvalue weighted by Crippen LogP contribution is 2.27. The molecule has 2 atom stereocenters. The van der Waals surface area contributed by atoms with E-state index >= 15 is 0 Å². The van der Waals surface area contributed by atoms with Crippen molar-refractivity contribution in [3.63, 3.8) is 0 Å². The summed E-state index contributed by atoms with van der Waals surface area (Å²) in [6.45, 7) is 6.11. The standard InChI is InChI=1S/C19H28F2N2O3S/c1-19(2,3)27(25)22-16(17(20)21)15-9-11-23(12-10-15)18(24)26-13-14-7-5-4-6-8-14/h4-8,15-17,22H,9-13H2,1-3H3. The summed E-state index contributed by atoms with van der Waals surface area (Å²) in [7, 11) is 0. The number of carbonyl (C=O) groups excluding carboxylic acids is 1. The van der Waals surface area contributed by atoms with Gasteiger partial charge < -0.3 is 14.2 Å². The van der Waals surface area contributed by atoms with Crippen LogP contribution in [0.25, 0.3) is 0 Å². The van der Waals surface area contributed by atoms with E-state index in [2.05, 4.69) is 4.72 Å². The number of likely N-dealkylation sites (tertiary alicyclic amines) is 1. The molecule has 1 saturated heterocycles. The number of piperidine rings is 1. The highest BCUT2D eigenvalue weighted by Gasteiger charge is 2.39. The Kier molecular flexibility index (Phi) is 7.88. The van der Waals surface area contributed by atoms with Gasteiger partial charge in [-0.25, -0.2) is 13.6 Å². The number of halogens is 2. The number of benzene rings is 1. The first-order chi connectivity index (χ1) is 12.7. The van der Waals surface area contributed by atoms with E-state index in [1.54, 1.807) is 25.7 Å². The minimum absolute atomic E-state index is 0.186. The van der Waals surface area contributed by atoms with Crippen molar-refractivity contribution >= 4 is 17.5 Å². The summed E-state index contributed by atoms with van der Waals surface area (Å²) < 4.78 is 46.5. The van der Waals surface area contributed by atoms with E-state index < -0.39 is 34.7 Å². The maximum absolute atomic E-state index is 13.5. The second-order valence-corrected chi connectivity index (χ2v) is 9.72. The van der Waals surface area contributed by atoms with Gasteiger partial charge in [-0.15, -0.1) is 4.72 Å². The van der Waals surface area contributed by atoms with Crippen molar-refractivity contribution in [1.82, 2.24) is 9.62 Å². The Morgan fingerprint density at radius 2 is 1.89 bits per heavy atom. The Morgan fingerprint density at radius 1 is 1.30 bits per heavy atom. The highest BCUT2D eigenvalue weighted by molar-refractivity contribution is 7.90. The average molecular weight is 403 g/mol. The maximum Gasteiger partial charge on any atom is 0.410 e.